The van der Waals surface area contributed by atoms with E-state index in [-0.39, 0.29) is 24.8 Å². The summed E-state index contributed by atoms with van der Waals surface area (Å²) in [4.78, 5) is 0. The molecule has 4 aromatic rings. The maximum atomic E-state index is 2.58. The molecule has 4 heteroatoms. The van der Waals surface area contributed by atoms with Crippen molar-refractivity contribution >= 4 is 50.4 Å². The van der Waals surface area contributed by atoms with Crippen molar-refractivity contribution < 1.29 is 17.4 Å². The fourth-order valence-electron chi connectivity index (χ4n) is 8.29. The van der Waals surface area contributed by atoms with Crippen LogP contribution in [0.1, 0.15) is 70.0 Å². The van der Waals surface area contributed by atoms with E-state index in [1.807, 2.05) is 0 Å². The van der Waals surface area contributed by atoms with Crippen molar-refractivity contribution in [1.82, 2.24) is 0 Å². The Balaban J connectivity index is 0.00000202. The molecule has 2 aliphatic rings. The molecule has 0 heterocycles. The van der Waals surface area contributed by atoms with Crippen LogP contribution in [0.4, 0.5) is 0 Å². The minimum absolute atomic E-state index is 0. The zero-order valence-corrected chi connectivity index (χ0v) is 30.8. The maximum Gasteiger partial charge on any atom is -0.147 e. The van der Waals surface area contributed by atoms with E-state index in [0.717, 1.165) is 12.8 Å². The molecule has 0 aliphatic heterocycles. The quantitative estimate of drug-likeness (QED) is 0.162. The van der Waals surface area contributed by atoms with Crippen molar-refractivity contribution in [3.63, 3.8) is 0 Å². The third-order valence-corrected chi connectivity index (χ3v) is 37.4. The second-order valence-electron chi connectivity index (χ2n) is 13.1. The van der Waals surface area contributed by atoms with E-state index in [9.17, 15) is 0 Å². The molecule has 6 rings (SSSR count). The standard InChI is InChI=1S/2C13H15.2C6H5.2ClH.H2Si.Zr/c2*1-10(2)7-11-8-12-5-3-4-6-13(12)9-11;2*1-2-4-6-5-3-1;;;;/h2*3-6,8-10H,7H2,1-2H3;2*1-5H;2*1H;1H2;. The molecule has 2 unspecified atom stereocenters. The fraction of sp³-hybridized carbons (Fsp3) is 0.263. The van der Waals surface area contributed by atoms with Crippen LogP contribution >= 0.6 is 24.8 Å². The normalized spacial score (nSPS) is 17.6. The van der Waals surface area contributed by atoms with Crippen LogP contribution < -0.4 is 6.54 Å². The Hall–Kier alpha value is -1.96. The van der Waals surface area contributed by atoms with Gasteiger partial charge >= 0.3 is 245 Å². The molecule has 218 valence electrons. The van der Waals surface area contributed by atoms with Crippen LogP contribution in [0.2, 0.25) is 0 Å². The summed E-state index contributed by atoms with van der Waals surface area (Å²) >= 11 is -4.48. The minimum atomic E-state index is -4.48. The van der Waals surface area contributed by atoms with Gasteiger partial charge in [-0.2, -0.15) is 0 Å². The molecular formula is C38H44Cl2SiZr. The second kappa shape index (κ2) is 13.0. The monoisotopic (exact) mass is 688 g/mol. The number of benzene rings is 4. The topological polar surface area (TPSA) is 0 Å². The van der Waals surface area contributed by atoms with Crippen LogP contribution in [0.3, 0.4) is 0 Å². The van der Waals surface area contributed by atoms with E-state index in [1.54, 1.807) is 28.8 Å². The minimum Gasteiger partial charge on any atom is -0.147 e. The molecular weight excluding hydrogens is 647 g/mol. The van der Waals surface area contributed by atoms with Crippen LogP contribution in [0.15, 0.2) is 120 Å². The van der Waals surface area contributed by atoms with E-state index in [4.69, 9.17) is 0 Å². The first-order valence-corrected chi connectivity index (χ1v) is 26.3. The van der Waals surface area contributed by atoms with E-state index in [1.165, 1.54) is 11.1 Å². The van der Waals surface area contributed by atoms with E-state index in [0.29, 0.717) is 19.1 Å². The van der Waals surface area contributed by atoms with Gasteiger partial charge in [0, 0.05) is 0 Å². The molecule has 4 aromatic carbocycles. The number of allylic oxidation sites excluding steroid dienone is 2. The predicted molar refractivity (Wildman–Crippen MR) is 188 cm³/mol. The van der Waals surface area contributed by atoms with E-state index in [2.05, 4.69) is 156 Å². The third-order valence-electron chi connectivity index (χ3n) is 9.56. The van der Waals surface area contributed by atoms with Gasteiger partial charge in [0.1, 0.15) is 0 Å². The Labute approximate surface area is 268 Å². The SMILES string of the molecule is CC(C)CC1=Cc2ccccc2[CH]1[Zr](=[SiH2])([c]1ccccc1)([c]1ccccc1)[CH]1C(CC(C)C)=Cc2ccccc21.Cl.Cl. The molecule has 0 amide bonds. The second-order valence-corrected chi connectivity index (χ2v) is 35.8. The molecule has 0 fully saturated rings. The van der Waals surface area contributed by atoms with Crippen LogP contribution in [0.5, 0.6) is 0 Å². The Morgan fingerprint density at radius 1 is 0.524 bits per heavy atom. The van der Waals surface area contributed by atoms with Crippen LogP contribution in [-0.4, -0.2) is 6.88 Å². The van der Waals surface area contributed by atoms with Crippen LogP contribution in [0, 0.1) is 11.8 Å². The van der Waals surface area contributed by atoms with Crippen molar-refractivity contribution in [2.45, 2.75) is 47.8 Å². The molecule has 0 saturated carbocycles. The molecule has 0 aromatic heterocycles. The van der Waals surface area contributed by atoms with Gasteiger partial charge < -0.3 is 0 Å². The molecule has 0 radical (unpaired) electrons. The summed E-state index contributed by atoms with van der Waals surface area (Å²) in [6, 6.07) is 42.3. The molecule has 0 nitrogen and oxygen atoms in total. The summed E-state index contributed by atoms with van der Waals surface area (Å²) in [6.07, 6.45) is 7.44. The third kappa shape index (κ3) is 5.21. The molecule has 42 heavy (non-hydrogen) atoms. The number of fused-ring (bicyclic) bond motifs is 2. The maximum absolute atomic E-state index is 4.48. The van der Waals surface area contributed by atoms with Gasteiger partial charge in [-0.1, -0.05) is 0 Å². The Bertz CT molecular complexity index is 1540. The number of hydrogen-bond acceptors (Lipinski definition) is 0. The summed E-state index contributed by atoms with van der Waals surface area (Å²) in [5, 5.41) is 0. The smallest absolute Gasteiger partial charge is 0.147 e. The van der Waals surface area contributed by atoms with Gasteiger partial charge in [0.15, 0.2) is 0 Å². The summed E-state index contributed by atoms with van der Waals surface area (Å²) in [7, 11) is 0. The van der Waals surface area contributed by atoms with Gasteiger partial charge in [0.05, 0.1) is 0 Å². The first-order valence-electron chi connectivity index (χ1n) is 15.0. The van der Waals surface area contributed by atoms with Crippen molar-refractivity contribution in [2.24, 2.45) is 11.8 Å². The molecule has 0 bridgehead atoms. The summed E-state index contributed by atoms with van der Waals surface area (Å²) in [5.41, 5.74) is 9.28. The molecule has 2 aliphatic carbocycles. The number of halogens is 2. The number of hydrogen-bond donors (Lipinski definition) is 0. The van der Waals surface area contributed by atoms with Gasteiger partial charge in [-0.05, 0) is 0 Å². The zero-order chi connectivity index (χ0) is 27.9. The first kappa shape index (κ1) is 32.9. The van der Waals surface area contributed by atoms with Gasteiger partial charge in [-0.25, -0.2) is 0 Å². The fourth-order valence-corrected chi connectivity index (χ4v) is 36.5. The van der Waals surface area contributed by atoms with Crippen molar-refractivity contribution in [3.8, 4) is 0 Å². The molecule has 0 N–H and O–H groups in total. The van der Waals surface area contributed by atoms with Gasteiger partial charge in [-0.15, -0.1) is 24.8 Å². The Morgan fingerprint density at radius 2 is 0.857 bits per heavy atom. The van der Waals surface area contributed by atoms with Crippen LogP contribution in [-0.2, 0) is 17.4 Å². The van der Waals surface area contributed by atoms with Crippen LogP contribution in [0.25, 0.3) is 12.2 Å². The largest absolute Gasteiger partial charge is 0.147 e. The van der Waals surface area contributed by atoms with Crippen molar-refractivity contribution in [3.05, 3.63) is 143 Å². The molecule has 2 atom stereocenters. The van der Waals surface area contributed by atoms with E-state index >= 15 is 0 Å². The Kier molecular flexibility index (Phi) is 10.2. The average Bonchev–Trinajstić information content (AvgIpc) is 3.51. The summed E-state index contributed by atoms with van der Waals surface area (Å²) < 4.78 is 4.05. The van der Waals surface area contributed by atoms with Crippen molar-refractivity contribution in [1.29, 1.82) is 0 Å². The first-order chi connectivity index (χ1) is 19.3. The number of rotatable bonds is 8. The molecule has 0 spiro atoms. The van der Waals surface area contributed by atoms with Crippen molar-refractivity contribution in [2.75, 3.05) is 0 Å². The molecule has 0 saturated heterocycles. The zero-order valence-electron chi connectivity index (χ0n) is 25.3. The Morgan fingerprint density at radius 3 is 1.21 bits per heavy atom. The predicted octanol–water partition coefficient (Wildman–Crippen LogP) is 9.09. The summed E-state index contributed by atoms with van der Waals surface area (Å²) in [6.45, 7) is 12.1. The van der Waals surface area contributed by atoms with Gasteiger partial charge in [0.25, 0.3) is 0 Å². The van der Waals surface area contributed by atoms with Gasteiger partial charge in [0.2, 0.25) is 0 Å². The van der Waals surface area contributed by atoms with Gasteiger partial charge in [-0.3, -0.25) is 0 Å². The average molecular weight is 691 g/mol. The summed E-state index contributed by atoms with van der Waals surface area (Å²) in [5.74, 6) is 1.21. The van der Waals surface area contributed by atoms with E-state index < -0.39 is 17.4 Å².